The number of hydrogen-bond donors (Lipinski definition) is 2. The van der Waals surface area contributed by atoms with E-state index in [1.54, 1.807) is 6.92 Å². The lowest BCUT2D eigenvalue weighted by Gasteiger charge is -2.28. The molecule has 4 nitrogen and oxygen atoms in total. The summed E-state index contributed by atoms with van der Waals surface area (Å²) >= 11 is 0. The molecule has 19 heavy (non-hydrogen) atoms. The first-order valence-corrected chi connectivity index (χ1v) is 7.20. The highest BCUT2D eigenvalue weighted by Gasteiger charge is 2.38. The standard InChI is InChI=1S/C15H29NO3/c1-11(2)8-6-7-9-16-13(17)10-15(5,12(3)4)14(18)19/h11-12H,6-10H2,1-5H3,(H,16,17)(H,18,19). The third kappa shape index (κ3) is 6.60. The molecule has 2 N–H and O–H groups in total. The van der Waals surface area contributed by atoms with Crippen LogP contribution in [0, 0.1) is 17.3 Å². The fraction of sp³-hybridized carbons (Fsp3) is 0.867. The predicted octanol–water partition coefficient (Wildman–Crippen LogP) is 3.07. The molecule has 0 aliphatic heterocycles. The van der Waals surface area contributed by atoms with Crippen molar-refractivity contribution in [1.29, 1.82) is 0 Å². The molecule has 1 atom stereocenters. The highest BCUT2D eigenvalue weighted by Crippen LogP contribution is 2.31. The van der Waals surface area contributed by atoms with Gasteiger partial charge in [-0.25, -0.2) is 0 Å². The molecule has 0 aliphatic carbocycles. The fourth-order valence-corrected chi connectivity index (χ4v) is 1.83. The lowest BCUT2D eigenvalue weighted by molar-refractivity contribution is -0.153. The number of amides is 1. The number of rotatable bonds is 9. The zero-order chi connectivity index (χ0) is 15.1. The summed E-state index contributed by atoms with van der Waals surface area (Å²) in [5.74, 6) is -0.454. The number of carbonyl (C=O) groups is 2. The van der Waals surface area contributed by atoms with Crippen molar-refractivity contribution in [1.82, 2.24) is 5.32 Å². The zero-order valence-corrected chi connectivity index (χ0v) is 13.0. The Labute approximate surface area is 117 Å². The third-order valence-electron chi connectivity index (χ3n) is 3.82. The van der Waals surface area contributed by atoms with Gasteiger partial charge >= 0.3 is 5.97 Å². The number of carboxylic acid groups (broad SMARTS) is 1. The Balaban J connectivity index is 4.06. The first-order valence-electron chi connectivity index (χ1n) is 7.20. The lowest BCUT2D eigenvalue weighted by Crippen LogP contribution is -2.39. The first kappa shape index (κ1) is 17.9. The Hall–Kier alpha value is -1.06. The molecule has 0 rings (SSSR count). The largest absolute Gasteiger partial charge is 0.481 e. The van der Waals surface area contributed by atoms with Crippen molar-refractivity contribution in [3.8, 4) is 0 Å². The summed E-state index contributed by atoms with van der Waals surface area (Å²) in [6.45, 7) is 10.3. The highest BCUT2D eigenvalue weighted by molar-refractivity contribution is 5.84. The molecule has 0 saturated carbocycles. The van der Waals surface area contributed by atoms with Gasteiger partial charge in [-0.3, -0.25) is 9.59 Å². The molecular weight excluding hydrogens is 242 g/mol. The summed E-state index contributed by atoms with van der Waals surface area (Å²) in [7, 11) is 0. The average molecular weight is 271 g/mol. The minimum absolute atomic E-state index is 0.0458. The van der Waals surface area contributed by atoms with Crippen LogP contribution in [0.2, 0.25) is 0 Å². The van der Waals surface area contributed by atoms with Crippen LogP contribution in [0.15, 0.2) is 0 Å². The van der Waals surface area contributed by atoms with Gasteiger partial charge in [-0.15, -0.1) is 0 Å². The second-order valence-corrected chi connectivity index (χ2v) is 6.29. The minimum Gasteiger partial charge on any atom is -0.481 e. The number of carboxylic acids is 1. The van der Waals surface area contributed by atoms with Crippen molar-refractivity contribution >= 4 is 11.9 Å². The van der Waals surface area contributed by atoms with Crippen LogP contribution in [0.25, 0.3) is 0 Å². The van der Waals surface area contributed by atoms with Crippen LogP contribution in [0.1, 0.15) is 60.3 Å². The lowest BCUT2D eigenvalue weighted by atomic mass is 9.76. The van der Waals surface area contributed by atoms with Gasteiger partial charge in [0.1, 0.15) is 0 Å². The van der Waals surface area contributed by atoms with Crippen molar-refractivity contribution in [3.05, 3.63) is 0 Å². The number of unbranched alkanes of at least 4 members (excludes halogenated alkanes) is 1. The quantitative estimate of drug-likeness (QED) is 0.633. The van der Waals surface area contributed by atoms with E-state index in [2.05, 4.69) is 19.2 Å². The minimum atomic E-state index is -0.984. The van der Waals surface area contributed by atoms with Crippen molar-refractivity contribution in [2.45, 2.75) is 60.3 Å². The summed E-state index contributed by atoms with van der Waals surface area (Å²) in [4.78, 5) is 23.1. The maximum Gasteiger partial charge on any atom is 0.310 e. The van der Waals surface area contributed by atoms with E-state index in [-0.39, 0.29) is 18.2 Å². The van der Waals surface area contributed by atoms with E-state index in [1.165, 1.54) is 0 Å². The molecule has 4 heteroatoms. The second-order valence-electron chi connectivity index (χ2n) is 6.29. The molecule has 0 aromatic heterocycles. The highest BCUT2D eigenvalue weighted by atomic mass is 16.4. The van der Waals surface area contributed by atoms with E-state index in [0.717, 1.165) is 19.3 Å². The van der Waals surface area contributed by atoms with Crippen LogP contribution >= 0.6 is 0 Å². The smallest absolute Gasteiger partial charge is 0.310 e. The van der Waals surface area contributed by atoms with Gasteiger partial charge in [0.2, 0.25) is 5.91 Å². The molecule has 0 aromatic carbocycles. The Morgan fingerprint density at radius 1 is 1.16 bits per heavy atom. The van der Waals surface area contributed by atoms with E-state index in [1.807, 2.05) is 13.8 Å². The van der Waals surface area contributed by atoms with Gasteiger partial charge in [-0.1, -0.05) is 40.5 Å². The molecular formula is C15H29NO3. The Morgan fingerprint density at radius 2 is 1.74 bits per heavy atom. The van der Waals surface area contributed by atoms with Crippen molar-refractivity contribution in [2.24, 2.45) is 17.3 Å². The van der Waals surface area contributed by atoms with Gasteiger partial charge in [0.25, 0.3) is 0 Å². The fourth-order valence-electron chi connectivity index (χ4n) is 1.83. The molecule has 0 spiro atoms. The van der Waals surface area contributed by atoms with E-state index in [4.69, 9.17) is 0 Å². The number of hydrogen-bond acceptors (Lipinski definition) is 2. The second kappa shape index (κ2) is 8.18. The molecule has 0 heterocycles. The molecule has 1 unspecified atom stereocenters. The monoisotopic (exact) mass is 271 g/mol. The van der Waals surface area contributed by atoms with E-state index in [9.17, 15) is 14.7 Å². The molecule has 0 fully saturated rings. The normalized spacial score (nSPS) is 14.5. The van der Waals surface area contributed by atoms with Crippen LogP contribution in [0.4, 0.5) is 0 Å². The molecule has 0 aromatic rings. The summed E-state index contributed by atoms with van der Waals surface area (Å²) in [6.07, 6.45) is 3.26. The van der Waals surface area contributed by atoms with E-state index in [0.29, 0.717) is 12.5 Å². The summed E-state index contributed by atoms with van der Waals surface area (Å²) < 4.78 is 0. The first-order chi connectivity index (χ1) is 8.70. The topological polar surface area (TPSA) is 66.4 Å². The van der Waals surface area contributed by atoms with Crippen LogP contribution in [-0.4, -0.2) is 23.5 Å². The Morgan fingerprint density at radius 3 is 2.16 bits per heavy atom. The van der Waals surface area contributed by atoms with Gasteiger partial charge in [0, 0.05) is 13.0 Å². The van der Waals surface area contributed by atoms with Crippen molar-refractivity contribution in [3.63, 3.8) is 0 Å². The molecule has 0 radical (unpaired) electrons. The summed E-state index contributed by atoms with van der Waals surface area (Å²) in [5.41, 5.74) is -0.984. The van der Waals surface area contributed by atoms with Gasteiger partial charge in [-0.2, -0.15) is 0 Å². The van der Waals surface area contributed by atoms with Crippen molar-refractivity contribution in [2.75, 3.05) is 6.54 Å². The van der Waals surface area contributed by atoms with E-state index < -0.39 is 11.4 Å². The SMILES string of the molecule is CC(C)CCCCNC(=O)CC(C)(C(=O)O)C(C)C. The van der Waals surface area contributed by atoms with Crippen LogP contribution in [0.5, 0.6) is 0 Å². The Kier molecular flexibility index (Phi) is 7.72. The maximum atomic E-state index is 11.8. The molecule has 1 amide bonds. The molecule has 112 valence electrons. The van der Waals surface area contributed by atoms with Crippen LogP contribution in [-0.2, 0) is 9.59 Å². The maximum absolute atomic E-state index is 11.8. The van der Waals surface area contributed by atoms with Crippen molar-refractivity contribution < 1.29 is 14.7 Å². The molecule has 0 aliphatic rings. The average Bonchev–Trinajstić information content (AvgIpc) is 2.27. The van der Waals surface area contributed by atoms with Gasteiger partial charge in [0.05, 0.1) is 5.41 Å². The molecule has 0 bridgehead atoms. The van der Waals surface area contributed by atoms with Crippen LogP contribution < -0.4 is 5.32 Å². The molecule has 0 saturated heterocycles. The summed E-state index contributed by atoms with van der Waals surface area (Å²) in [6, 6.07) is 0. The van der Waals surface area contributed by atoms with E-state index >= 15 is 0 Å². The zero-order valence-electron chi connectivity index (χ0n) is 13.0. The number of nitrogens with one attached hydrogen (secondary N) is 1. The van der Waals surface area contributed by atoms with Gasteiger partial charge in [0.15, 0.2) is 0 Å². The third-order valence-corrected chi connectivity index (χ3v) is 3.82. The van der Waals surface area contributed by atoms with Crippen LogP contribution in [0.3, 0.4) is 0 Å². The predicted molar refractivity (Wildman–Crippen MR) is 76.9 cm³/mol. The van der Waals surface area contributed by atoms with Gasteiger partial charge < -0.3 is 10.4 Å². The Bertz CT molecular complexity index is 300. The number of carbonyl (C=O) groups excluding carboxylic acids is 1. The number of aliphatic carboxylic acids is 1. The van der Waals surface area contributed by atoms with Gasteiger partial charge in [-0.05, 0) is 25.2 Å². The summed E-state index contributed by atoms with van der Waals surface area (Å²) in [5, 5.41) is 12.1.